The van der Waals surface area contributed by atoms with E-state index in [9.17, 15) is 9.59 Å². The van der Waals surface area contributed by atoms with Crippen LogP contribution in [0, 0.1) is 11.3 Å². The number of carbonyl (C=O) groups is 2. The number of hydrogen-bond acceptors (Lipinski definition) is 3. The van der Waals surface area contributed by atoms with Crippen LogP contribution >= 0.6 is 15.9 Å². The zero-order valence-electron chi connectivity index (χ0n) is 14.0. The Labute approximate surface area is 156 Å². The Hall–Kier alpha value is -1.94. The zero-order chi connectivity index (χ0) is 17.7. The molecule has 1 aliphatic rings. The normalized spacial score (nSPS) is 22.8. The molecular weight excluding hydrogens is 380 g/mol. The highest BCUT2D eigenvalue weighted by molar-refractivity contribution is 9.09. The number of alkyl halides is 1. The maximum atomic E-state index is 13.0. The second kappa shape index (κ2) is 7.96. The zero-order valence-corrected chi connectivity index (χ0v) is 15.6. The summed E-state index contributed by atoms with van der Waals surface area (Å²) in [5.74, 6) is -1.04. The van der Waals surface area contributed by atoms with Gasteiger partial charge in [0.2, 0.25) is 0 Å². The van der Waals surface area contributed by atoms with Gasteiger partial charge in [-0.2, -0.15) is 0 Å². The van der Waals surface area contributed by atoms with Gasteiger partial charge in [-0.1, -0.05) is 76.6 Å². The van der Waals surface area contributed by atoms with Crippen molar-refractivity contribution in [3.8, 4) is 0 Å². The first-order valence-corrected chi connectivity index (χ1v) is 9.61. The predicted molar refractivity (Wildman–Crippen MR) is 100 cm³/mol. The number of carbonyl (C=O) groups excluding carboxylic acids is 2. The summed E-state index contributed by atoms with van der Waals surface area (Å²) in [5, 5.41) is 0.566. The molecule has 1 aliphatic carbocycles. The molecule has 0 bridgehead atoms. The molecule has 0 saturated heterocycles. The van der Waals surface area contributed by atoms with Crippen LogP contribution in [0.15, 0.2) is 60.7 Å². The third kappa shape index (κ3) is 4.01. The summed E-state index contributed by atoms with van der Waals surface area (Å²) >= 11 is 3.51. The highest BCUT2D eigenvalue weighted by Crippen LogP contribution is 2.43. The van der Waals surface area contributed by atoms with Crippen LogP contribution in [0.5, 0.6) is 0 Å². The molecular formula is C21H21BrO3. The topological polar surface area (TPSA) is 43.4 Å². The van der Waals surface area contributed by atoms with Crippen LogP contribution in [-0.2, 0) is 27.4 Å². The molecule has 1 fully saturated rings. The fourth-order valence-corrected chi connectivity index (χ4v) is 4.20. The van der Waals surface area contributed by atoms with E-state index in [0.29, 0.717) is 24.6 Å². The fourth-order valence-electron chi connectivity index (χ4n) is 3.44. The van der Waals surface area contributed by atoms with E-state index in [0.717, 1.165) is 11.1 Å². The van der Waals surface area contributed by atoms with E-state index in [-0.39, 0.29) is 12.4 Å². The van der Waals surface area contributed by atoms with Gasteiger partial charge in [0.15, 0.2) is 5.78 Å². The molecule has 0 amide bonds. The standard InChI is InChI=1S/C21H21BrO3/c22-15-21(13-16-7-3-1-4-8-16)12-11-18(19(21)23)20(24)25-14-17-9-5-2-6-10-17/h1-10,18H,11-15H2. The van der Waals surface area contributed by atoms with Gasteiger partial charge in [-0.3, -0.25) is 9.59 Å². The molecule has 0 aliphatic heterocycles. The number of ketones is 1. The van der Waals surface area contributed by atoms with Crippen LogP contribution in [0.3, 0.4) is 0 Å². The van der Waals surface area contributed by atoms with Crippen molar-refractivity contribution < 1.29 is 14.3 Å². The first-order valence-electron chi connectivity index (χ1n) is 8.49. The van der Waals surface area contributed by atoms with Crippen molar-refractivity contribution >= 4 is 27.7 Å². The quantitative estimate of drug-likeness (QED) is 0.411. The Morgan fingerprint density at radius 2 is 1.64 bits per heavy atom. The van der Waals surface area contributed by atoms with Gasteiger partial charge in [-0.15, -0.1) is 0 Å². The van der Waals surface area contributed by atoms with Gasteiger partial charge in [0, 0.05) is 10.7 Å². The third-order valence-electron chi connectivity index (χ3n) is 4.90. The van der Waals surface area contributed by atoms with Gasteiger partial charge in [0.1, 0.15) is 12.5 Å². The lowest BCUT2D eigenvalue weighted by Gasteiger charge is -2.25. The third-order valence-corrected chi connectivity index (χ3v) is 5.97. The summed E-state index contributed by atoms with van der Waals surface area (Å²) in [6.45, 7) is 0.212. The van der Waals surface area contributed by atoms with Crippen LogP contribution < -0.4 is 0 Å². The van der Waals surface area contributed by atoms with Crippen molar-refractivity contribution in [2.75, 3.05) is 5.33 Å². The molecule has 2 aromatic carbocycles. The molecule has 0 aromatic heterocycles. The maximum absolute atomic E-state index is 13.0. The SMILES string of the molecule is O=C(OCc1ccccc1)C1CCC(CBr)(Cc2ccccc2)C1=O. The number of Topliss-reactive ketones (excluding diaryl/α,β-unsaturated/α-hetero) is 1. The van der Waals surface area contributed by atoms with Gasteiger partial charge in [-0.05, 0) is 30.4 Å². The van der Waals surface area contributed by atoms with Crippen LogP contribution in [0.2, 0.25) is 0 Å². The minimum Gasteiger partial charge on any atom is -0.460 e. The number of hydrogen-bond donors (Lipinski definition) is 0. The molecule has 0 heterocycles. The first-order chi connectivity index (χ1) is 12.1. The highest BCUT2D eigenvalue weighted by Gasteiger charge is 2.50. The molecule has 3 rings (SSSR count). The van der Waals surface area contributed by atoms with Crippen LogP contribution in [0.1, 0.15) is 24.0 Å². The monoisotopic (exact) mass is 400 g/mol. The molecule has 0 radical (unpaired) electrons. The second-order valence-corrected chi connectivity index (χ2v) is 7.19. The summed E-state index contributed by atoms with van der Waals surface area (Å²) in [7, 11) is 0. The van der Waals surface area contributed by atoms with Crippen LogP contribution in [0.25, 0.3) is 0 Å². The lowest BCUT2D eigenvalue weighted by atomic mass is 9.80. The molecule has 2 aromatic rings. The van der Waals surface area contributed by atoms with Crippen molar-refractivity contribution in [1.29, 1.82) is 0 Å². The lowest BCUT2D eigenvalue weighted by Crippen LogP contribution is -2.35. The molecule has 2 atom stereocenters. The Bertz CT molecular complexity index is 729. The van der Waals surface area contributed by atoms with Gasteiger partial charge < -0.3 is 4.74 Å². The minimum atomic E-state index is -0.648. The summed E-state index contributed by atoms with van der Waals surface area (Å²) in [6, 6.07) is 19.5. The largest absolute Gasteiger partial charge is 0.460 e. The van der Waals surface area contributed by atoms with Crippen LogP contribution in [0.4, 0.5) is 0 Å². The Morgan fingerprint density at radius 3 is 2.24 bits per heavy atom. The Morgan fingerprint density at radius 1 is 1.04 bits per heavy atom. The molecule has 2 unspecified atom stereocenters. The highest BCUT2D eigenvalue weighted by atomic mass is 79.9. The molecule has 3 nitrogen and oxygen atoms in total. The van der Waals surface area contributed by atoms with E-state index < -0.39 is 17.3 Å². The summed E-state index contributed by atoms with van der Waals surface area (Å²) in [4.78, 5) is 25.4. The van der Waals surface area contributed by atoms with Crippen molar-refractivity contribution in [2.24, 2.45) is 11.3 Å². The number of ether oxygens (including phenoxy) is 1. The fraction of sp³-hybridized carbons (Fsp3) is 0.333. The number of halogens is 1. The summed E-state index contributed by atoms with van der Waals surface area (Å²) < 4.78 is 5.40. The minimum absolute atomic E-state index is 0.00582. The van der Waals surface area contributed by atoms with Crippen molar-refractivity contribution in [3.63, 3.8) is 0 Å². The summed E-state index contributed by atoms with van der Waals surface area (Å²) in [6.07, 6.45) is 1.92. The number of benzene rings is 2. The number of esters is 1. The molecule has 0 spiro atoms. The van der Waals surface area contributed by atoms with Crippen LogP contribution in [-0.4, -0.2) is 17.1 Å². The second-order valence-electron chi connectivity index (χ2n) is 6.63. The van der Waals surface area contributed by atoms with Crippen molar-refractivity contribution in [3.05, 3.63) is 71.8 Å². The van der Waals surface area contributed by atoms with E-state index >= 15 is 0 Å². The van der Waals surface area contributed by atoms with Crippen molar-refractivity contribution in [1.82, 2.24) is 0 Å². The molecule has 0 N–H and O–H groups in total. The Kier molecular flexibility index (Phi) is 5.69. The van der Waals surface area contributed by atoms with Gasteiger partial charge in [-0.25, -0.2) is 0 Å². The average molecular weight is 401 g/mol. The molecule has 25 heavy (non-hydrogen) atoms. The lowest BCUT2D eigenvalue weighted by molar-refractivity contribution is -0.153. The maximum Gasteiger partial charge on any atom is 0.316 e. The van der Waals surface area contributed by atoms with Gasteiger partial charge in [0.05, 0.1) is 0 Å². The van der Waals surface area contributed by atoms with Gasteiger partial charge >= 0.3 is 5.97 Å². The predicted octanol–water partition coefficient (Wildman–Crippen LogP) is 4.33. The molecule has 1 saturated carbocycles. The van der Waals surface area contributed by atoms with E-state index in [1.807, 2.05) is 60.7 Å². The molecule has 4 heteroatoms. The number of rotatable bonds is 6. The summed E-state index contributed by atoms with van der Waals surface area (Å²) in [5.41, 5.74) is 1.53. The smallest absolute Gasteiger partial charge is 0.316 e. The van der Waals surface area contributed by atoms with Gasteiger partial charge in [0.25, 0.3) is 0 Å². The van der Waals surface area contributed by atoms with Crippen molar-refractivity contribution in [2.45, 2.75) is 25.9 Å². The van der Waals surface area contributed by atoms with E-state index in [2.05, 4.69) is 15.9 Å². The average Bonchev–Trinajstić information content (AvgIpc) is 2.98. The van der Waals surface area contributed by atoms with E-state index in [1.165, 1.54) is 0 Å². The van der Waals surface area contributed by atoms with E-state index in [1.54, 1.807) is 0 Å². The Balaban J connectivity index is 1.66. The van der Waals surface area contributed by atoms with E-state index in [4.69, 9.17) is 4.74 Å². The first kappa shape index (κ1) is 17.9. The molecule has 130 valence electrons.